The summed E-state index contributed by atoms with van der Waals surface area (Å²) in [5, 5.41) is 9.82. The molecule has 0 aliphatic rings. The third kappa shape index (κ3) is 1.47. The van der Waals surface area contributed by atoms with Crippen LogP contribution in [0, 0.1) is 5.82 Å². The smallest absolute Gasteiger partial charge is 0.230 e. The maximum Gasteiger partial charge on any atom is 0.230 e. The lowest BCUT2D eigenvalue weighted by Gasteiger charge is -2.01. The average Bonchev–Trinajstić information content (AvgIpc) is 2.41. The first-order chi connectivity index (χ1) is 7.00. The predicted octanol–water partition coefficient (Wildman–Crippen LogP) is 2.80. The van der Waals surface area contributed by atoms with Crippen molar-refractivity contribution in [3.63, 3.8) is 0 Å². The average molecular weight is 228 g/mol. The Morgan fingerprint density at radius 3 is 2.73 bits per heavy atom. The molecule has 1 aromatic heterocycles. The zero-order valence-electron chi connectivity index (χ0n) is 7.79. The molecule has 0 saturated heterocycles. The van der Waals surface area contributed by atoms with Crippen LogP contribution in [0.5, 0.6) is 5.88 Å². The van der Waals surface area contributed by atoms with Crippen LogP contribution in [-0.4, -0.2) is 15.6 Å². The van der Waals surface area contributed by atoms with Gasteiger partial charge in [-0.1, -0.05) is 11.6 Å². The molecule has 0 aliphatic heterocycles. The number of aromatic nitrogens is 1. The summed E-state index contributed by atoms with van der Waals surface area (Å²) in [4.78, 5) is 11.2. The third-order valence-corrected chi connectivity index (χ3v) is 2.43. The maximum atomic E-state index is 13.1. The van der Waals surface area contributed by atoms with Crippen molar-refractivity contribution < 1.29 is 14.3 Å². The lowest BCUT2D eigenvalue weighted by atomic mass is 10.2. The summed E-state index contributed by atoms with van der Waals surface area (Å²) < 4.78 is 14.2. The van der Waals surface area contributed by atoms with Gasteiger partial charge < -0.3 is 5.11 Å². The molecule has 0 amide bonds. The molecule has 1 heterocycles. The maximum absolute atomic E-state index is 13.1. The van der Waals surface area contributed by atoms with Crippen molar-refractivity contribution in [1.82, 2.24) is 4.57 Å². The van der Waals surface area contributed by atoms with Gasteiger partial charge in [0, 0.05) is 18.4 Å². The number of nitrogens with zero attached hydrogens (tertiary/aromatic N) is 1. The fourth-order valence-corrected chi connectivity index (χ4v) is 1.68. The van der Waals surface area contributed by atoms with Gasteiger partial charge in [0.05, 0.1) is 10.5 Å². The van der Waals surface area contributed by atoms with E-state index < -0.39 is 5.82 Å². The summed E-state index contributed by atoms with van der Waals surface area (Å²) in [6, 6.07) is 3.81. The Balaban J connectivity index is 2.87. The van der Waals surface area contributed by atoms with E-state index in [1.165, 1.54) is 25.1 Å². The second-order valence-electron chi connectivity index (χ2n) is 3.18. The van der Waals surface area contributed by atoms with E-state index in [1.807, 2.05) is 0 Å². The number of hydrogen-bond donors (Lipinski definition) is 1. The van der Waals surface area contributed by atoms with Crippen LogP contribution in [-0.2, 0) is 0 Å². The Morgan fingerprint density at radius 2 is 2.13 bits per heavy atom. The highest BCUT2D eigenvalue weighted by Gasteiger charge is 2.13. The highest BCUT2D eigenvalue weighted by Crippen LogP contribution is 2.28. The van der Waals surface area contributed by atoms with Gasteiger partial charge in [0.2, 0.25) is 5.91 Å². The number of carbonyl (C=O) groups excluding carboxylic acids is 1. The minimum absolute atomic E-state index is 0.0805. The SMILES string of the molecule is CC(=O)n1c(O)cc2cc(F)c(Cl)cc21. The molecule has 2 rings (SSSR count). The molecule has 0 atom stereocenters. The van der Waals surface area contributed by atoms with Gasteiger partial charge in [0.25, 0.3) is 0 Å². The van der Waals surface area contributed by atoms with E-state index in [0.717, 1.165) is 4.57 Å². The largest absolute Gasteiger partial charge is 0.494 e. The van der Waals surface area contributed by atoms with Gasteiger partial charge in [0.1, 0.15) is 5.82 Å². The number of rotatable bonds is 0. The number of halogens is 2. The molecule has 15 heavy (non-hydrogen) atoms. The van der Waals surface area contributed by atoms with Gasteiger partial charge in [-0.2, -0.15) is 0 Å². The van der Waals surface area contributed by atoms with E-state index in [4.69, 9.17) is 11.6 Å². The van der Waals surface area contributed by atoms with Crippen molar-refractivity contribution in [2.24, 2.45) is 0 Å². The first kappa shape index (κ1) is 9.98. The Morgan fingerprint density at radius 1 is 1.47 bits per heavy atom. The quantitative estimate of drug-likeness (QED) is 0.752. The third-order valence-electron chi connectivity index (χ3n) is 2.14. The lowest BCUT2D eigenvalue weighted by molar-refractivity contribution is 0.0933. The van der Waals surface area contributed by atoms with Gasteiger partial charge in [-0.15, -0.1) is 0 Å². The molecule has 5 heteroatoms. The second-order valence-corrected chi connectivity index (χ2v) is 3.59. The molecular weight excluding hydrogens is 221 g/mol. The molecular formula is C10H7ClFNO2. The van der Waals surface area contributed by atoms with Crippen molar-refractivity contribution in [3.8, 4) is 5.88 Å². The molecule has 0 unspecified atom stereocenters. The number of benzene rings is 1. The monoisotopic (exact) mass is 227 g/mol. The normalized spacial score (nSPS) is 10.9. The number of hydrogen-bond acceptors (Lipinski definition) is 2. The summed E-state index contributed by atoms with van der Waals surface area (Å²) in [6.07, 6.45) is 0. The second kappa shape index (κ2) is 3.24. The Hall–Kier alpha value is -1.55. The van der Waals surface area contributed by atoms with Gasteiger partial charge in [-0.25, -0.2) is 4.39 Å². The van der Waals surface area contributed by atoms with E-state index in [2.05, 4.69) is 0 Å². The van der Waals surface area contributed by atoms with Gasteiger partial charge in [0.15, 0.2) is 5.88 Å². The molecule has 0 fully saturated rings. The molecule has 0 radical (unpaired) electrons. The van der Waals surface area contributed by atoms with Crippen LogP contribution < -0.4 is 0 Å². The molecule has 1 N–H and O–H groups in total. The van der Waals surface area contributed by atoms with Crippen LogP contribution >= 0.6 is 11.6 Å². The summed E-state index contributed by atoms with van der Waals surface area (Å²) in [7, 11) is 0. The van der Waals surface area contributed by atoms with E-state index in [0.29, 0.717) is 10.9 Å². The zero-order chi connectivity index (χ0) is 11.2. The molecule has 0 aliphatic carbocycles. The fraction of sp³-hybridized carbons (Fsp3) is 0.100. The van der Waals surface area contributed by atoms with Gasteiger partial charge in [-0.05, 0) is 12.1 Å². The van der Waals surface area contributed by atoms with Crippen molar-refractivity contribution in [3.05, 3.63) is 29.0 Å². The van der Waals surface area contributed by atoms with Crippen LogP contribution in [0.2, 0.25) is 5.02 Å². The topological polar surface area (TPSA) is 42.2 Å². The van der Waals surface area contributed by atoms with E-state index in [9.17, 15) is 14.3 Å². The highest BCUT2D eigenvalue weighted by atomic mass is 35.5. The van der Waals surface area contributed by atoms with Crippen molar-refractivity contribution in [1.29, 1.82) is 0 Å². The molecule has 1 aromatic carbocycles. The summed E-state index contributed by atoms with van der Waals surface area (Å²) in [5.41, 5.74) is 0.395. The first-order valence-electron chi connectivity index (χ1n) is 4.21. The predicted molar refractivity (Wildman–Crippen MR) is 54.9 cm³/mol. The van der Waals surface area contributed by atoms with E-state index >= 15 is 0 Å². The minimum Gasteiger partial charge on any atom is -0.494 e. The van der Waals surface area contributed by atoms with Gasteiger partial charge >= 0.3 is 0 Å². The van der Waals surface area contributed by atoms with Crippen molar-refractivity contribution >= 4 is 28.4 Å². The number of fused-ring (bicyclic) bond motifs is 1. The van der Waals surface area contributed by atoms with Crippen LogP contribution in [0.1, 0.15) is 11.7 Å². The lowest BCUT2D eigenvalue weighted by Crippen LogP contribution is -2.03. The van der Waals surface area contributed by atoms with E-state index in [1.54, 1.807) is 0 Å². The minimum atomic E-state index is -0.579. The number of aromatic hydroxyl groups is 1. The molecule has 0 saturated carbocycles. The Labute approximate surface area is 89.7 Å². The molecule has 0 bridgehead atoms. The first-order valence-corrected chi connectivity index (χ1v) is 4.59. The molecule has 2 aromatic rings. The molecule has 3 nitrogen and oxygen atoms in total. The number of carbonyl (C=O) groups is 1. The fourth-order valence-electron chi connectivity index (χ4n) is 1.52. The van der Waals surface area contributed by atoms with Gasteiger partial charge in [-0.3, -0.25) is 9.36 Å². The van der Waals surface area contributed by atoms with Crippen molar-refractivity contribution in [2.45, 2.75) is 6.92 Å². The van der Waals surface area contributed by atoms with Crippen LogP contribution in [0.25, 0.3) is 10.9 Å². The summed E-state index contributed by atoms with van der Waals surface area (Å²) >= 11 is 5.59. The summed E-state index contributed by atoms with van der Waals surface area (Å²) in [5.74, 6) is -1.16. The Kier molecular flexibility index (Phi) is 2.16. The van der Waals surface area contributed by atoms with E-state index in [-0.39, 0.29) is 16.8 Å². The zero-order valence-corrected chi connectivity index (χ0v) is 8.55. The van der Waals surface area contributed by atoms with Crippen LogP contribution in [0.4, 0.5) is 4.39 Å². The van der Waals surface area contributed by atoms with Crippen LogP contribution in [0.15, 0.2) is 18.2 Å². The molecule has 0 spiro atoms. The standard InChI is InChI=1S/C10H7ClFNO2/c1-5(14)13-9-4-7(11)8(12)2-6(9)3-10(13)15/h2-4,15H,1H3. The van der Waals surface area contributed by atoms with Crippen LogP contribution in [0.3, 0.4) is 0 Å². The summed E-state index contributed by atoms with van der Waals surface area (Å²) in [6.45, 7) is 1.30. The highest BCUT2D eigenvalue weighted by molar-refractivity contribution is 6.31. The Bertz CT molecular complexity index is 562. The molecule has 78 valence electrons. The van der Waals surface area contributed by atoms with Crippen molar-refractivity contribution in [2.75, 3.05) is 0 Å².